The molecule has 0 amide bonds. The number of thiophene rings is 1. The molecule has 0 aliphatic heterocycles. The number of hydrogen-bond donors (Lipinski definition) is 0. The van der Waals surface area contributed by atoms with Crippen LogP contribution in [0.15, 0.2) is 47.2 Å². The van der Waals surface area contributed by atoms with Crippen LogP contribution in [0.25, 0.3) is 0 Å². The van der Waals surface area contributed by atoms with Crippen molar-refractivity contribution >= 4 is 81.2 Å². The third-order valence-electron chi connectivity index (χ3n) is 7.04. The fourth-order valence-electron chi connectivity index (χ4n) is 4.99. The summed E-state index contributed by atoms with van der Waals surface area (Å²) in [6.45, 7) is 16.2. The Balaban J connectivity index is 2.08. The Morgan fingerprint density at radius 1 is 0.564 bits per heavy atom. The van der Waals surface area contributed by atoms with Gasteiger partial charge in [-0.15, -0.1) is 0 Å². The van der Waals surface area contributed by atoms with Crippen LogP contribution in [0.3, 0.4) is 0 Å². The van der Waals surface area contributed by atoms with Gasteiger partial charge in [-0.2, -0.15) is 11.3 Å². The molecule has 0 aliphatic carbocycles. The van der Waals surface area contributed by atoms with Crippen molar-refractivity contribution in [2.75, 3.05) is 9.34 Å². The predicted molar refractivity (Wildman–Crippen MR) is 183 cm³/mol. The van der Waals surface area contributed by atoms with E-state index in [1.807, 2.05) is 0 Å². The van der Waals surface area contributed by atoms with E-state index in [0.717, 1.165) is 11.4 Å². The molecule has 0 N–H and O–H groups in total. The zero-order valence-electron chi connectivity index (χ0n) is 24.1. The van der Waals surface area contributed by atoms with E-state index >= 15 is 0 Å². The Morgan fingerprint density at radius 3 is 1.08 bits per heavy atom. The molecule has 2 aromatic carbocycles. The summed E-state index contributed by atoms with van der Waals surface area (Å²) in [4.78, 5) is 0. The standard InChI is InChI=1S/C30H40Cl4N2P2S/c1-19(2)25-11-9-12-26(20(3)4)29(25)35(37(31)32)15-23-17-39-18-24(23)16-36(38(33)34)30-27(21(5)6)13-10-14-28(30)22(7)8/h9-14,17-22H,15-16H2,1-8H3. The van der Waals surface area contributed by atoms with Crippen molar-refractivity contribution in [2.24, 2.45) is 0 Å². The minimum atomic E-state index is -1.42. The second-order valence-corrected chi connectivity index (χ2v) is 18.6. The number of benzene rings is 2. The Bertz CT molecular complexity index is 1080. The lowest BCUT2D eigenvalue weighted by Crippen LogP contribution is -2.21. The summed E-state index contributed by atoms with van der Waals surface area (Å²) in [5, 5.41) is 4.42. The van der Waals surface area contributed by atoms with Gasteiger partial charge in [0, 0.05) is 11.4 Å². The van der Waals surface area contributed by atoms with Crippen LogP contribution in [0.4, 0.5) is 11.4 Å². The van der Waals surface area contributed by atoms with Crippen molar-refractivity contribution in [3.05, 3.63) is 80.5 Å². The normalized spacial score (nSPS) is 12.2. The summed E-state index contributed by atoms with van der Waals surface area (Å²) >= 11 is 28.8. The average Bonchev–Trinajstić information content (AvgIpc) is 3.30. The van der Waals surface area contributed by atoms with Crippen molar-refractivity contribution in [2.45, 2.75) is 92.2 Å². The molecule has 0 saturated heterocycles. The zero-order chi connectivity index (χ0) is 29.0. The van der Waals surface area contributed by atoms with Gasteiger partial charge in [-0.1, -0.05) is 137 Å². The van der Waals surface area contributed by atoms with Gasteiger partial charge >= 0.3 is 0 Å². The van der Waals surface area contributed by atoms with Gasteiger partial charge in [-0.3, -0.25) is 0 Å². The fourth-order valence-corrected chi connectivity index (χ4v) is 8.67. The van der Waals surface area contributed by atoms with Gasteiger partial charge in [0.25, 0.3) is 0 Å². The predicted octanol–water partition coefficient (Wildman–Crippen LogP) is 13.7. The molecule has 3 rings (SSSR count). The van der Waals surface area contributed by atoms with Crippen LogP contribution in [-0.4, -0.2) is 0 Å². The first-order chi connectivity index (χ1) is 18.3. The van der Waals surface area contributed by atoms with Crippen molar-refractivity contribution in [3.63, 3.8) is 0 Å². The Hall–Kier alpha value is -0.240. The molecule has 0 unspecified atom stereocenters. The molecule has 0 aliphatic rings. The van der Waals surface area contributed by atoms with Crippen LogP contribution >= 0.6 is 69.9 Å². The molecule has 0 bridgehead atoms. The zero-order valence-corrected chi connectivity index (χ0v) is 29.7. The third kappa shape index (κ3) is 7.99. The fraction of sp³-hybridized carbons (Fsp3) is 0.467. The van der Waals surface area contributed by atoms with E-state index in [4.69, 9.17) is 45.0 Å². The van der Waals surface area contributed by atoms with Crippen LogP contribution in [-0.2, 0) is 13.1 Å². The highest BCUT2D eigenvalue weighted by molar-refractivity contribution is 8.05. The Labute approximate surface area is 261 Å². The van der Waals surface area contributed by atoms with Gasteiger partial charge in [-0.25, -0.2) is 0 Å². The quantitative estimate of drug-likeness (QED) is 0.178. The maximum absolute atomic E-state index is 6.77. The van der Waals surface area contributed by atoms with Crippen LogP contribution in [0.2, 0.25) is 0 Å². The van der Waals surface area contributed by atoms with E-state index in [2.05, 4.69) is 112 Å². The molecular weight excluding hydrogens is 624 g/mol. The maximum atomic E-state index is 6.77. The third-order valence-corrected chi connectivity index (χ3v) is 11.5. The highest BCUT2D eigenvalue weighted by Crippen LogP contribution is 2.58. The minimum absolute atomic E-state index is 0.347. The number of halogens is 4. The monoisotopic (exact) mass is 662 g/mol. The van der Waals surface area contributed by atoms with Crippen molar-refractivity contribution in [1.82, 2.24) is 0 Å². The molecule has 39 heavy (non-hydrogen) atoms. The molecule has 1 heterocycles. The molecule has 0 radical (unpaired) electrons. The highest BCUT2D eigenvalue weighted by Gasteiger charge is 2.28. The number of nitrogens with zero attached hydrogens (tertiary/aromatic N) is 2. The second kappa shape index (κ2) is 14.8. The molecule has 3 aromatic rings. The first-order valence-electron chi connectivity index (χ1n) is 13.4. The summed E-state index contributed by atoms with van der Waals surface area (Å²) in [7, 11) is 0. The molecule has 0 atom stereocenters. The minimum Gasteiger partial charge on any atom is -0.321 e. The van der Waals surface area contributed by atoms with Gasteiger partial charge in [0.05, 0.1) is 13.1 Å². The first kappa shape index (κ1) is 33.3. The largest absolute Gasteiger partial charge is 0.321 e. The number of anilines is 2. The summed E-state index contributed by atoms with van der Waals surface area (Å²) in [5.41, 5.74) is 9.80. The van der Waals surface area contributed by atoms with Gasteiger partial charge in [0.1, 0.15) is 0 Å². The smallest absolute Gasteiger partial charge is 0.187 e. The lowest BCUT2D eigenvalue weighted by molar-refractivity contribution is 0.818. The molecule has 1 aromatic heterocycles. The topological polar surface area (TPSA) is 6.48 Å². The summed E-state index contributed by atoms with van der Waals surface area (Å²) in [5.74, 6) is 1.39. The van der Waals surface area contributed by atoms with Crippen LogP contribution < -0.4 is 9.34 Å². The summed E-state index contributed by atoms with van der Waals surface area (Å²) in [6, 6.07) is 13.1. The SMILES string of the molecule is CC(C)c1cccc(C(C)C)c1N(Cc1cscc1CN(c1c(C(C)C)cccc1C(C)C)P(Cl)Cl)P(Cl)Cl. The van der Waals surface area contributed by atoms with Gasteiger partial charge in [0.15, 0.2) is 13.6 Å². The average molecular weight is 664 g/mol. The molecule has 0 saturated carbocycles. The maximum Gasteiger partial charge on any atom is 0.187 e. The van der Waals surface area contributed by atoms with E-state index in [0.29, 0.717) is 36.8 Å². The number of hydrogen-bond acceptors (Lipinski definition) is 3. The Kier molecular flexibility index (Phi) is 12.6. The second-order valence-electron chi connectivity index (χ2n) is 11.2. The Morgan fingerprint density at radius 2 is 0.846 bits per heavy atom. The molecule has 9 heteroatoms. The van der Waals surface area contributed by atoms with Crippen molar-refractivity contribution < 1.29 is 0 Å². The van der Waals surface area contributed by atoms with E-state index in [-0.39, 0.29) is 0 Å². The van der Waals surface area contributed by atoms with E-state index < -0.39 is 13.6 Å². The van der Waals surface area contributed by atoms with E-state index in [1.165, 1.54) is 33.4 Å². The van der Waals surface area contributed by atoms with Gasteiger partial charge in [-0.05, 0) is 67.8 Å². The van der Waals surface area contributed by atoms with E-state index in [9.17, 15) is 0 Å². The van der Waals surface area contributed by atoms with Crippen LogP contribution in [0.1, 0.15) is 112 Å². The summed E-state index contributed by atoms with van der Waals surface area (Å²) < 4.78 is 4.40. The van der Waals surface area contributed by atoms with Crippen molar-refractivity contribution in [1.29, 1.82) is 0 Å². The molecule has 0 fully saturated rings. The van der Waals surface area contributed by atoms with E-state index in [1.54, 1.807) is 11.3 Å². The lowest BCUT2D eigenvalue weighted by Gasteiger charge is -2.33. The van der Waals surface area contributed by atoms with Crippen LogP contribution in [0.5, 0.6) is 0 Å². The molecule has 214 valence electrons. The lowest BCUT2D eigenvalue weighted by atomic mass is 9.92. The van der Waals surface area contributed by atoms with Gasteiger partial charge < -0.3 is 9.34 Å². The molecule has 0 spiro atoms. The van der Waals surface area contributed by atoms with Crippen molar-refractivity contribution in [3.8, 4) is 0 Å². The summed E-state index contributed by atoms with van der Waals surface area (Å²) in [6.07, 6.45) is 0. The molecule has 2 nitrogen and oxygen atoms in total. The van der Waals surface area contributed by atoms with Crippen LogP contribution in [0, 0.1) is 0 Å². The highest BCUT2D eigenvalue weighted by atomic mass is 35.9. The number of rotatable bonds is 12. The number of para-hydroxylation sites is 2. The van der Waals surface area contributed by atoms with Gasteiger partial charge in [0.2, 0.25) is 0 Å². The molecular formula is C30H40Cl4N2P2S. The first-order valence-corrected chi connectivity index (χ1v) is 20.6.